The predicted molar refractivity (Wildman–Crippen MR) is 77.7 cm³/mol. The lowest BCUT2D eigenvalue weighted by atomic mass is 10.1. The molecule has 9 heteroatoms. The molecule has 0 saturated carbocycles. The molecule has 0 bridgehead atoms. The van der Waals surface area contributed by atoms with Crippen molar-refractivity contribution in [2.45, 2.75) is 57.6 Å². The molecule has 7 nitrogen and oxygen atoms in total. The zero-order valence-corrected chi connectivity index (χ0v) is 13.5. The van der Waals surface area contributed by atoms with Crippen molar-refractivity contribution in [1.82, 2.24) is 10.2 Å². The first-order valence-corrected chi connectivity index (χ1v) is 7.34. The van der Waals surface area contributed by atoms with Gasteiger partial charge in [0.15, 0.2) is 0 Å². The molecular formula is C14H23F2N3O4. The van der Waals surface area contributed by atoms with Crippen molar-refractivity contribution in [3.05, 3.63) is 0 Å². The number of carbonyl (C=O) groups is 3. The number of nitrogens with one attached hydrogen (secondary N) is 1. The number of nitrogens with two attached hydrogens (primary N) is 1. The largest absolute Gasteiger partial charge is 0.444 e. The Bertz CT molecular complexity index is 477. The summed E-state index contributed by atoms with van der Waals surface area (Å²) in [5, 5.41) is 2.33. The first-order valence-electron chi connectivity index (χ1n) is 7.34. The summed E-state index contributed by atoms with van der Waals surface area (Å²) in [6.45, 7) is 4.14. The fourth-order valence-corrected chi connectivity index (χ4v) is 2.14. The number of hydrogen-bond acceptors (Lipinski definition) is 4. The Kier molecular flexibility index (Phi) is 5.90. The van der Waals surface area contributed by atoms with Gasteiger partial charge in [-0.1, -0.05) is 0 Å². The van der Waals surface area contributed by atoms with Crippen LogP contribution in [0.4, 0.5) is 13.6 Å². The smallest absolute Gasteiger partial charge is 0.408 e. The minimum Gasteiger partial charge on any atom is -0.444 e. The summed E-state index contributed by atoms with van der Waals surface area (Å²) in [6, 6.07) is -1.13. The van der Waals surface area contributed by atoms with Crippen LogP contribution in [-0.4, -0.2) is 53.5 Å². The molecule has 1 atom stereocenters. The van der Waals surface area contributed by atoms with Gasteiger partial charge in [0.05, 0.1) is 6.54 Å². The minimum atomic E-state index is -2.93. The normalized spacial score (nSPS) is 18.4. The van der Waals surface area contributed by atoms with Crippen LogP contribution in [0.2, 0.25) is 0 Å². The van der Waals surface area contributed by atoms with Gasteiger partial charge in [0.1, 0.15) is 11.6 Å². The molecule has 0 radical (unpaired) electrons. The molecular weight excluding hydrogens is 312 g/mol. The first kappa shape index (κ1) is 19.1. The van der Waals surface area contributed by atoms with Crippen molar-refractivity contribution in [2.75, 3.05) is 13.1 Å². The molecule has 1 heterocycles. The van der Waals surface area contributed by atoms with Gasteiger partial charge in [-0.3, -0.25) is 9.59 Å². The van der Waals surface area contributed by atoms with E-state index in [1.807, 2.05) is 0 Å². The number of alkyl carbamates (subject to hydrolysis) is 1. The summed E-state index contributed by atoms with van der Waals surface area (Å²) in [4.78, 5) is 36.0. The third-order valence-electron chi connectivity index (χ3n) is 3.15. The monoisotopic (exact) mass is 335 g/mol. The van der Waals surface area contributed by atoms with Crippen LogP contribution in [0.25, 0.3) is 0 Å². The van der Waals surface area contributed by atoms with Gasteiger partial charge in [-0.15, -0.1) is 0 Å². The van der Waals surface area contributed by atoms with Crippen molar-refractivity contribution >= 4 is 17.9 Å². The van der Waals surface area contributed by atoms with Crippen LogP contribution < -0.4 is 11.1 Å². The number of halogens is 2. The van der Waals surface area contributed by atoms with Crippen molar-refractivity contribution in [3.8, 4) is 0 Å². The van der Waals surface area contributed by atoms with Crippen molar-refractivity contribution in [2.24, 2.45) is 5.73 Å². The lowest BCUT2D eigenvalue weighted by molar-refractivity contribution is -0.134. The van der Waals surface area contributed by atoms with E-state index in [0.717, 1.165) is 4.90 Å². The van der Waals surface area contributed by atoms with E-state index in [1.165, 1.54) is 0 Å². The molecule has 0 aromatic heterocycles. The molecule has 0 aromatic carbocycles. The molecule has 0 aromatic rings. The lowest BCUT2D eigenvalue weighted by Gasteiger charge is -2.26. The number of rotatable bonds is 5. The van der Waals surface area contributed by atoms with E-state index in [4.69, 9.17) is 10.5 Å². The number of amides is 3. The second-order valence-corrected chi connectivity index (χ2v) is 6.57. The molecule has 0 aliphatic carbocycles. The van der Waals surface area contributed by atoms with E-state index < -0.39 is 48.4 Å². The van der Waals surface area contributed by atoms with E-state index in [1.54, 1.807) is 20.8 Å². The summed E-state index contributed by atoms with van der Waals surface area (Å²) in [5.74, 6) is -4.26. The number of nitrogens with zero attached hydrogens (tertiary/aromatic N) is 1. The zero-order valence-electron chi connectivity index (χ0n) is 13.5. The average Bonchev–Trinajstić information content (AvgIpc) is 2.71. The Morgan fingerprint density at radius 2 is 1.96 bits per heavy atom. The maximum absolute atomic E-state index is 13.2. The number of alkyl halides is 2. The Morgan fingerprint density at radius 1 is 1.35 bits per heavy atom. The maximum atomic E-state index is 13.2. The molecule has 0 unspecified atom stereocenters. The highest BCUT2D eigenvalue weighted by Crippen LogP contribution is 2.27. The number of hydrogen-bond donors (Lipinski definition) is 2. The second-order valence-electron chi connectivity index (χ2n) is 6.57. The average molecular weight is 335 g/mol. The molecule has 1 aliphatic rings. The summed E-state index contributed by atoms with van der Waals surface area (Å²) < 4.78 is 31.5. The molecule has 1 rings (SSSR count). The maximum Gasteiger partial charge on any atom is 0.408 e. The van der Waals surface area contributed by atoms with Crippen molar-refractivity contribution < 1.29 is 27.9 Å². The quantitative estimate of drug-likeness (QED) is 0.783. The Morgan fingerprint density at radius 3 is 2.39 bits per heavy atom. The topological polar surface area (TPSA) is 102 Å². The number of ether oxygens (including phenoxy) is 1. The lowest BCUT2D eigenvalue weighted by Crippen LogP contribution is -2.49. The van der Waals surface area contributed by atoms with Gasteiger partial charge >= 0.3 is 6.09 Å². The molecule has 3 amide bonds. The number of carbonyl (C=O) groups excluding carboxylic acids is 3. The summed E-state index contributed by atoms with van der Waals surface area (Å²) >= 11 is 0. The molecule has 132 valence electrons. The van der Waals surface area contributed by atoms with Crippen LogP contribution in [0.15, 0.2) is 0 Å². The fraction of sp³-hybridized carbons (Fsp3) is 0.786. The summed E-state index contributed by atoms with van der Waals surface area (Å²) in [6.07, 6.45) is -1.51. The van der Waals surface area contributed by atoms with Gasteiger partial charge in [-0.2, -0.15) is 0 Å². The van der Waals surface area contributed by atoms with Crippen molar-refractivity contribution in [3.63, 3.8) is 0 Å². The molecule has 1 fully saturated rings. The van der Waals surface area contributed by atoms with Gasteiger partial charge in [0.2, 0.25) is 11.8 Å². The van der Waals surface area contributed by atoms with Crippen LogP contribution in [0.3, 0.4) is 0 Å². The van der Waals surface area contributed by atoms with E-state index in [-0.39, 0.29) is 19.4 Å². The first-order chi connectivity index (χ1) is 10.4. The molecule has 1 saturated heterocycles. The zero-order chi connectivity index (χ0) is 17.8. The van der Waals surface area contributed by atoms with E-state index >= 15 is 0 Å². The second kappa shape index (κ2) is 7.10. The Balaban J connectivity index is 2.73. The highest BCUT2D eigenvalue weighted by molar-refractivity contribution is 5.86. The van der Waals surface area contributed by atoms with Crippen molar-refractivity contribution in [1.29, 1.82) is 0 Å². The van der Waals surface area contributed by atoms with Gasteiger partial charge in [0.25, 0.3) is 5.92 Å². The third-order valence-corrected chi connectivity index (χ3v) is 3.15. The number of likely N-dealkylation sites (tertiary alicyclic amines) is 1. The number of primary amides is 1. The summed E-state index contributed by atoms with van der Waals surface area (Å²) in [7, 11) is 0. The SMILES string of the molecule is CC(C)(C)OC(=O)N[C@@H](CCC(N)=O)C(=O)N1CCC(F)(F)C1. The van der Waals surface area contributed by atoms with Crippen LogP contribution in [0.1, 0.15) is 40.0 Å². The van der Waals surface area contributed by atoms with Crippen LogP contribution in [-0.2, 0) is 14.3 Å². The van der Waals surface area contributed by atoms with Gasteiger partial charge in [-0.25, -0.2) is 13.6 Å². The van der Waals surface area contributed by atoms with Crippen LogP contribution >= 0.6 is 0 Å². The van der Waals surface area contributed by atoms with E-state index in [2.05, 4.69) is 5.32 Å². The summed E-state index contributed by atoms with van der Waals surface area (Å²) in [5.41, 5.74) is 4.27. The standard InChI is InChI=1S/C14H23F2N3O4/c1-13(2,3)23-12(22)18-9(4-5-10(17)20)11(21)19-7-6-14(15,16)8-19/h9H,4-8H2,1-3H3,(H2,17,20)(H,18,22)/t9-/m0/s1. The minimum absolute atomic E-state index is 0.0739. The molecule has 0 spiro atoms. The Hall–Kier alpha value is -1.93. The van der Waals surface area contributed by atoms with Gasteiger partial charge in [-0.05, 0) is 27.2 Å². The van der Waals surface area contributed by atoms with Crippen LogP contribution in [0, 0.1) is 0 Å². The molecule has 1 aliphatic heterocycles. The fourth-order valence-electron chi connectivity index (χ4n) is 2.14. The van der Waals surface area contributed by atoms with Gasteiger partial charge in [0, 0.05) is 19.4 Å². The third kappa shape index (κ3) is 6.79. The molecule has 3 N–H and O–H groups in total. The van der Waals surface area contributed by atoms with Gasteiger partial charge < -0.3 is 20.7 Å². The van der Waals surface area contributed by atoms with Crippen LogP contribution in [0.5, 0.6) is 0 Å². The predicted octanol–water partition coefficient (Wildman–Crippen LogP) is 1.01. The molecule has 23 heavy (non-hydrogen) atoms. The highest BCUT2D eigenvalue weighted by Gasteiger charge is 2.42. The van der Waals surface area contributed by atoms with E-state index in [9.17, 15) is 23.2 Å². The highest BCUT2D eigenvalue weighted by atomic mass is 19.3. The van der Waals surface area contributed by atoms with E-state index in [0.29, 0.717) is 0 Å². The Labute approximate surface area is 133 Å².